The van der Waals surface area contributed by atoms with Gasteiger partial charge in [0.15, 0.2) is 5.16 Å². The normalized spacial score (nSPS) is 10.8. The Bertz CT molecular complexity index is 933. The summed E-state index contributed by atoms with van der Waals surface area (Å²) in [6.45, 7) is 0. The van der Waals surface area contributed by atoms with Gasteiger partial charge in [-0.15, -0.1) is 0 Å². The Morgan fingerprint density at radius 3 is 2.57 bits per heavy atom. The fourth-order valence-corrected chi connectivity index (χ4v) is 3.17. The summed E-state index contributed by atoms with van der Waals surface area (Å²) in [4.78, 5) is 28.0. The second-order valence-electron chi connectivity index (χ2n) is 5.13. The first-order chi connectivity index (χ1) is 11.1. The van der Waals surface area contributed by atoms with Crippen LogP contribution in [-0.4, -0.2) is 15.5 Å². The van der Waals surface area contributed by atoms with Gasteiger partial charge in [-0.2, -0.15) is 0 Å². The third-order valence-corrected chi connectivity index (χ3v) is 4.65. The standard InChI is InChI=1S/C17H15N3O2S/c1-20-16(22)13-4-2-3-5-14(13)19-17(20)23-10-11-6-8-12(9-7-11)15(18)21/h2-9H,10H2,1H3,(H2,18,21). The summed E-state index contributed by atoms with van der Waals surface area (Å²) in [7, 11) is 1.72. The van der Waals surface area contributed by atoms with Crippen LogP contribution in [0.3, 0.4) is 0 Å². The van der Waals surface area contributed by atoms with Crippen LogP contribution in [0.2, 0.25) is 0 Å². The molecule has 6 heteroatoms. The van der Waals surface area contributed by atoms with Gasteiger partial charge in [-0.3, -0.25) is 14.2 Å². The molecule has 3 rings (SSSR count). The van der Waals surface area contributed by atoms with Gasteiger partial charge >= 0.3 is 0 Å². The molecule has 1 aromatic heterocycles. The van der Waals surface area contributed by atoms with Gasteiger partial charge in [-0.25, -0.2) is 4.98 Å². The molecule has 23 heavy (non-hydrogen) atoms. The van der Waals surface area contributed by atoms with Crippen LogP contribution in [-0.2, 0) is 12.8 Å². The molecule has 0 saturated heterocycles. The van der Waals surface area contributed by atoms with Crippen molar-refractivity contribution in [1.29, 1.82) is 0 Å². The van der Waals surface area contributed by atoms with Gasteiger partial charge in [0.2, 0.25) is 5.91 Å². The van der Waals surface area contributed by atoms with Gasteiger partial charge in [0, 0.05) is 18.4 Å². The molecule has 0 unspecified atom stereocenters. The number of rotatable bonds is 4. The van der Waals surface area contributed by atoms with Gasteiger partial charge in [0.25, 0.3) is 5.56 Å². The Morgan fingerprint density at radius 2 is 1.87 bits per heavy atom. The topological polar surface area (TPSA) is 78.0 Å². The number of benzene rings is 2. The van der Waals surface area contributed by atoms with Crippen molar-refractivity contribution < 1.29 is 4.79 Å². The smallest absolute Gasteiger partial charge is 0.261 e. The van der Waals surface area contributed by atoms with Gasteiger partial charge in [0.05, 0.1) is 10.9 Å². The minimum absolute atomic E-state index is 0.0535. The van der Waals surface area contributed by atoms with Gasteiger partial charge in [-0.1, -0.05) is 36.0 Å². The van der Waals surface area contributed by atoms with E-state index in [1.165, 1.54) is 11.8 Å². The number of thioether (sulfide) groups is 1. The predicted molar refractivity (Wildman–Crippen MR) is 91.5 cm³/mol. The van der Waals surface area contributed by atoms with Gasteiger partial charge in [0.1, 0.15) is 0 Å². The number of nitrogens with zero attached hydrogens (tertiary/aromatic N) is 2. The molecule has 0 aliphatic carbocycles. The lowest BCUT2D eigenvalue weighted by Gasteiger charge is -2.08. The van der Waals surface area contributed by atoms with E-state index in [0.717, 1.165) is 5.56 Å². The molecule has 0 saturated carbocycles. The highest BCUT2D eigenvalue weighted by Crippen LogP contribution is 2.21. The van der Waals surface area contributed by atoms with Crippen molar-refractivity contribution in [3.8, 4) is 0 Å². The molecule has 0 spiro atoms. The summed E-state index contributed by atoms with van der Waals surface area (Å²) in [6, 6.07) is 14.4. The molecule has 2 aromatic carbocycles. The van der Waals surface area contributed by atoms with Crippen molar-refractivity contribution >= 4 is 28.6 Å². The Labute approximate surface area is 137 Å². The number of primary amides is 1. The lowest BCUT2D eigenvalue weighted by molar-refractivity contribution is 0.100. The molecule has 1 heterocycles. The molecule has 5 nitrogen and oxygen atoms in total. The highest BCUT2D eigenvalue weighted by atomic mass is 32.2. The maximum absolute atomic E-state index is 12.3. The van der Waals surface area contributed by atoms with Gasteiger partial charge in [-0.05, 0) is 29.8 Å². The van der Waals surface area contributed by atoms with Crippen LogP contribution in [0, 0.1) is 0 Å². The Morgan fingerprint density at radius 1 is 1.17 bits per heavy atom. The zero-order valence-electron chi connectivity index (χ0n) is 12.5. The maximum atomic E-state index is 12.3. The van der Waals surface area contributed by atoms with Crippen LogP contribution in [0.1, 0.15) is 15.9 Å². The van der Waals surface area contributed by atoms with Crippen LogP contribution >= 0.6 is 11.8 Å². The average molecular weight is 325 g/mol. The largest absolute Gasteiger partial charge is 0.366 e. The third-order valence-electron chi connectivity index (χ3n) is 3.55. The number of carbonyl (C=O) groups is 1. The number of hydrogen-bond acceptors (Lipinski definition) is 4. The molecule has 2 N–H and O–H groups in total. The van der Waals surface area contributed by atoms with E-state index in [2.05, 4.69) is 4.98 Å². The maximum Gasteiger partial charge on any atom is 0.261 e. The number of fused-ring (bicyclic) bond motifs is 1. The van der Waals surface area contributed by atoms with E-state index >= 15 is 0 Å². The number of carbonyl (C=O) groups excluding carboxylic acids is 1. The summed E-state index contributed by atoms with van der Waals surface area (Å²) < 4.78 is 1.56. The quantitative estimate of drug-likeness (QED) is 0.590. The summed E-state index contributed by atoms with van der Waals surface area (Å²) in [5.74, 6) is 0.209. The lowest BCUT2D eigenvalue weighted by Crippen LogP contribution is -2.19. The first-order valence-corrected chi connectivity index (χ1v) is 8.02. The second kappa shape index (κ2) is 6.26. The molecular formula is C17H15N3O2S. The number of nitrogens with two attached hydrogens (primary N) is 1. The Hall–Kier alpha value is -2.60. The molecule has 3 aromatic rings. The van der Waals surface area contributed by atoms with Crippen molar-refractivity contribution in [2.75, 3.05) is 0 Å². The van der Waals surface area contributed by atoms with Crippen molar-refractivity contribution in [2.45, 2.75) is 10.9 Å². The molecule has 0 radical (unpaired) electrons. The molecular weight excluding hydrogens is 310 g/mol. The Balaban J connectivity index is 1.85. The molecule has 0 fully saturated rings. The summed E-state index contributed by atoms with van der Waals surface area (Å²) in [5.41, 5.74) is 7.38. The van der Waals surface area contributed by atoms with Crippen molar-refractivity contribution in [3.63, 3.8) is 0 Å². The SMILES string of the molecule is Cn1c(SCc2ccc(C(N)=O)cc2)nc2ccccc2c1=O. The molecule has 0 atom stereocenters. The van der Waals surface area contributed by atoms with E-state index in [0.29, 0.717) is 27.4 Å². The van der Waals surface area contributed by atoms with E-state index in [1.807, 2.05) is 30.3 Å². The fourth-order valence-electron chi connectivity index (χ4n) is 2.24. The van der Waals surface area contributed by atoms with E-state index in [4.69, 9.17) is 5.73 Å². The highest BCUT2D eigenvalue weighted by molar-refractivity contribution is 7.98. The van der Waals surface area contributed by atoms with Crippen LogP contribution in [0.5, 0.6) is 0 Å². The minimum Gasteiger partial charge on any atom is -0.366 e. The highest BCUT2D eigenvalue weighted by Gasteiger charge is 2.08. The first kappa shape index (κ1) is 15.3. The Kier molecular flexibility index (Phi) is 4.16. The average Bonchev–Trinajstić information content (AvgIpc) is 2.57. The zero-order valence-corrected chi connectivity index (χ0v) is 13.3. The van der Waals surface area contributed by atoms with Crippen molar-refractivity contribution in [1.82, 2.24) is 9.55 Å². The number of amides is 1. The monoisotopic (exact) mass is 325 g/mol. The molecule has 0 bridgehead atoms. The zero-order chi connectivity index (χ0) is 16.4. The van der Waals surface area contributed by atoms with Crippen LogP contribution in [0.4, 0.5) is 0 Å². The van der Waals surface area contributed by atoms with Gasteiger partial charge < -0.3 is 5.73 Å². The predicted octanol–water partition coefficient (Wildman–Crippen LogP) is 2.32. The van der Waals surface area contributed by atoms with E-state index in [9.17, 15) is 9.59 Å². The van der Waals surface area contributed by atoms with Crippen LogP contribution in [0.15, 0.2) is 58.5 Å². The van der Waals surface area contributed by atoms with Crippen LogP contribution in [0.25, 0.3) is 10.9 Å². The fraction of sp³-hybridized carbons (Fsp3) is 0.118. The van der Waals surface area contributed by atoms with Crippen molar-refractivity contribution in [2.24, 2.45) is 12.8 Å². The molecule has 0 aliphatic rings. The lowest BCUT2D eigenvalue weighted by atomic mass is 10.1. The number of hydrogen-bond donors (Lipinski definition) is 1. The molecule has 1 amide bonds. The number of aromatic nitrogens is 2. The first-order valence-electron chi connectivity index (χ1n) is 7.03. The second-order valence-corrected chi connectivity index (χ2v) is 6.07. The summed E-state index contributed by atoms with van der Waals surface area (Å²) >= 11 is 1.48. The summed E-state index contributed by atoms with van der Waals surface area (Å²) in [5, 5.41) is 1.28. The third kappa shape index (κ3) is 3.12. The van der Waals surface area contributed by atoms with E-state index < -0.39 is 5.91 Å². The van der Waals surface area contributed by atoms with E-state index in [1.54, 1.807) is 29.8 Å². The molecule has 0 aliphatic heterocycles. The van der Waals surface area contributed by atoms with Crippen LogP contribution < -0.4 is 11.3 Å². The van der Waals surface area contributed by atoms with E-state index in [-0.39, 0.29) is 5.56 Å². The summed E-state index contributed by atoms with van der Waals surface area (Å²) in [6.07, 6.45) is 0. The van der Waals surface area contributed by atoms with Crippen molar-refractivity contribution in [3.05, 3.63) is 70.0 Å². The molecule has 116 valence electrons. The minimum atomic E-state index is -0.442. The number of para-hydroxylation sites is 1.